The van der Waals surface area contributed by atoms with Crippen LogP contribution < -0.4 is 11.0 Å². The van der Waals surface area contributed by atoms with Crippen molar-refractivity contribution in [2.45, 2.75) is 18.4 Å². The van der Waals surface area contributed by atoms with Gasteiger partial charge in [-0.05, 0) is 13.2 Å². The second kappa shape index (κ2) is 6.93. The van der Waals surface area contributed by atoms with Gasteiger partial charge >= 0.3 is 11.7 Å². The Kier molecular flexibility index (Phi) is 5.56. The molecule has 0 bridgehead atoms. The lowest BCUT2D eigenvalue weighted by Crippen LogP contribution is -2.29. The first-order chi connectivity index (χ1) is 8.99. The van der Waals surface area contributed by atoms with Crippen LogP contribution >= 0.6 is 11.8 Å². The maximum atomic E-state index is 12.0. The monoisotopic (exact) mass is 285 g/mol. The Morgan fingerprint density at radius 2 is 2.16 bits per heavy atom. The number of ether oxygens (including phenoxy) is 1. The highest BCUT2D eigenvalue weighted by molar-refractivity contribution is 7.98. The first-order valence-electron chi connectivity index (χ1n) is 5.49. The van der Waals surface area contributed by atoms with Crippen LogP contribution in [0.15, 0.2) is 9.82 Å². The smallest absolute Gasteiger partial charge is 0.346 e. The van der Waals surface area contributed by atoms with Gasteiger partial charge in [-0.2, -0.15) is 4.98 Å². The van der Waals surface area contributed by atoms with Crippen LogP contribution in [-0.4, -0.2) is 41.8 Å². The summed E-state index contributed by atoms with van der Waals surface area (Å²) in [5.74, 6) is -0.781. The van der Waals surface area contributed by atoms with Crippen LogP contribution in [0.25, 0.3) is 0 Å². The largest absolute Gasteiger partial charge is 0.469 e. The van der Waals surface area contributed by atoms with E-state index in [-0.39, 0.29) is 18.9 Å². The SMILES string of the molecule is COC(=O)CCNC(=O)c1c(SC)nc(=O)[nH]c1C. The number of H-pyrrole nitrogens is 1. The Bertz CT molecular complexity index is 541. The van der Waals surface area contributed by atoms with Gasteiger partial charge in [-0.15, -0.1) is 11.8 Å². The number of aromatic nitrogens is 2. The van der Waals surface area contributed by atoms with Crippen LogP contribution in [-0.2, 0) is 9.53 Å². The maximum Gasteiger partial charge on any atom is 0.346 e. The molecule has 19 heavy (non-hydrogen) atoms. The van der Waals surface area contributed by atoms with Crippen molar-refractivity contribution >= 4 is 23.6 Å². The molecule has 7 nitrogen and oxygen atoms in total. The van der Waals surface area contributed by atoms with E-state index < -0.39 is 11.7 Å². The summed E-state index contributed by atoms with van der Waals surface area (Å²) < 4.78 is 4.47. The quantitative estimate of drug-likeness (QED) is 0.452. The van der Waals surface area contributed by atoms with Gasteiger partial charge in [0.15, 0.2) is 0 Å². The Labute approximate surface area is 114 Å². The minimum atomic E-state index is -0.493. The third-order valence-electron chi connectivity index (χ3n) is 2.35. The number of esters is 1. The fourth-order valence-corrected chi connectivity index (χ4v) is 2.07. The Morgan fingerprint density at radius 3 is 2.74 bits per heavy atom. The topological polar surface area (TPSA) is 101 Å². The second-order valence-corrected chi connectivity index (χ2v) is 4.43. The normalized spacial score (nSPS) is 10.1. The number of amides is 1. The number of nitrogens with one attached hydrogen (secondary N) is 2. The fourth-order valence-electron chi connectivity index (χ4n) is 1.44. The third-order valence-corrected chi connectivity index (χ3v) is 3.03. The van der Waals surface area contributed by atoms with Crippen LogP contribution in [0.2, 0.25) is 0 Å². The molecule has 8 heteroatoms. The predicted octanol–water partition coefficient (Wildman–Crippen LogP) is 0.0931. The molecule has 0 atom stereocenters. The van der Waals surface area contributed by atoms with E-state index in [1.54, 1.807) is 13.2 Å². The molecule has 0 fully saturated rings. The van der Waals surface area contributed by atoms with Gasteiger partial charge in [-0.25, -0.2) is 4.79 Å². The predicted molar refractivity (Wildman–Crippen MR) is 70.3 cm³/mol. The summed E-state index contributed by atoms with van der Waals surface area (Å²) in [7, 11) is 1.28. The van der Waals surface area contributed by atoms with Crippen molar-refractivity contribution in [3.63, 3.8) is 0 Å². The summed E-state index contributed by atoms with van der Waals surface area (Å²) >= 11 is 1.21. The molecule has 1 aromatic rings. The molecule has 0 spiro atoms. The van der Waals surface area contributed by atoms with Gasteiger partial charge in [0, 0.05) is 12.2 Å². The Balaban J connectivity index is 2.82. The van der Waals surface area contributed by atoms with Crippen LogP contribution in [0.1, 0.15) is 22.5 Å². The zero-order valence-electron chi connectivity index (χ0n) is 10.9. The van der Waals surface area contributed by atoms with Crippen molar-refractivity contribution < 1.29 is 14.3 Å². The van der Waals surface area contributed by atoms with E-state index in [1.807, 2.05) is 0 Å². The van der Waals surface area contributed by atoms with E-state index in [0.29, 0.717) is 16.3 Å². The van der Waals surface area contributed by atoms with Gasteiger partial charge in [0.2, 0.25) is 0 Å². The second-order valence-electron chi connectivity index (χ2n) is 3.63. The van der Waals surface area contributed by atoms with E-state index in [9.17, 15) is 14.4 Å². The highest BCUT2D eigenvalue weighted by Crippen LogP contribution is 2.17. The molecule has 0 radical (unpaired) electrons. The van der Waals surface area contributed by atoms with Crippen molar-refractivity contribution in [1.29, 1.82) is 0 Å². The lowest BCUT2D eigenvalue weighted by atomic mass is 10.2. The molecule has 104 valence electrons. The van der Waals surface area contributed by atoms with Gasteiger partial charge in [0.25, 0.3) is 5.91 Å². The molecule has 0 unspecified atom stereocenters. The van der Waals surface area contributed by atoms with Crippen LogP contribution in [0, 0.1) is 6.92 Å². The number of rotatable bonds is 5. The van der Waals surface area contributed by atoms with Crippen molar-refractivity contribution in [2.24, 2.45) is 0 Å². The van der Waals surface area contributed by atoms with Gasteiger partial charge in [0.05, 0.1) is 19.1 Å². The minimum Gasteiger partial charge on any atom is -0.469 e. The van der Waals surface area contributed by atoms with Crippen molar-refractivity contribution in [1.82, 2.24) is 15.3 Å². The van der Waals surface area contributed by atoms with E-state index in [2.05, 4.69) is 20.0 Å². The van der Waals surface area contributed by atoms with Crippen molar-refractivity contribution in [3.8, 4) is 0 Å². The summed E-state index contributed by atoms with van der Waals surface area (Å²) in [5.41, 5.74) is 0.268. The number of hydrogen-bond acceptors (Lipinski definition) is 6. The molecule has 0 aromatic carbocycles. The minimum absolute atomic E-state index is 0.0900. The lowest BCUT2D eigenvalue weighted by Gasteiger charge is -2.09. The number of aromatic amines is 1. The van der Waals surface area contributed by atoms with E-state index in [4.69, 9.17) is 0 Å². The summed E-state index contributed by atoms with van der Waals surface area (Å²) in [6.07, 6.45) is 1.82. The van der Waals surface area contributed by atoms with Gasteiger partial charge in [-0.3, -0.25) is 9.59 Å². The Hall–Kier alpha value is -1.83. The zero-order chi connectivity index (χ0) is 14.4. The fraction of sp³-hybridized carbons (Fsp3) is 0.455. The van der Waals surface area contributed by atoms with Crippen molar-refractivity contribution in [3.05, 3.63) is 21.7 Å². The highest BCUT2D eigenvalue weighted by atomic mass is 32.2. The van der Waals surface area contributed by atoms with E-state index in [0.717, 1.165) is 0 Å². The van der Waals surface area contributed by atoms with Crippen LogP contribution in [0.5, 0.6) is 0 Å². The molecule has 1 amide bonds. The number of carbonyl (C=O) groups excluding carboxylic acids is 2. The molecule has 2 N–H and O–H groups in total. The average molecular weight is 285 g/mol. The van der Waals surface area contributed by atoms with Crippen LogP contribution in [0.4, 0.5) is 0 Å². The molecule has 0 saturated heterocycles. The van der Waals surface area contributed by atoms with Gasteiger partial charge in [-0.1, -0.05) is 0 Å². The molecule has 1 aromatic heterocycles. The zero-order valence-corrected chi connectivity index (χ0v) is 11.7. The Morgan fingerprint density at radius 1 is 1.47 bits per heavy atom. The molecule has 0 aliphatic carbocycles. The number of hydrogen-bond donors (Lipinski definition) is 2. The van der Waals surface area contributed by atoms with E-state index >= 15 is 0 Å². The molecule has 0 aliphatic rings. The lowest BCUT2D eigenvalue weighted by molar-refractivity contribution is -0.140. The average Bonchev–Trinajstić information content (AvgIpc) is 2.37. The highest BCUT2D eigenvalue weighted by Gasteiger charge is 2.16. The number of aryl methyl sites for hydroxylation is 1. The first-order valence-corrected chi connectivity index (χ1v) is 6.72. The molecular formula is C11H15N3O4S. The number of carbonyl (C=O) groups is 2. The van der Waals surface area contributed by atoms with Gasteiger partial charge < -0.3 is 15.0 Å². The third kappa shape index (κ3) is 4.09. The van der Waals surface area contributed by atoms with E-state index in [1.165, 1.54) is 18.9 Å². The number of thioether (sulfide) groups is 1. The molecule has 0 aliphatic heterocycles. The van der Waals surface area contributed by atoms with Gasteiger partial charge in [0.1, 0.15) is 5.03 Å². The molecule has 1 heterocycles. The summed E-state index contributed by atoms with van der Waals surface area (Å²) in [4.78, 5) is 40.3. The number of nitrogens with zero attached hydrogens (tertiary/aromatic N) is 1. The summed E-state index contributed by atoms with van der Waals surface area (Å²) in [6, 6.07) is 0. The summed E-state index contributed by atoms with van der Waals surface area (Å²) in [5, 5.41) is 2.94. The molecule has 1 rings (SSSR count). The first kappa shape index (κ1) is 15.2. The van der Waals surface area contributed by atoms with Crippen LogP contribution in [0.3, 0.4) is 0 Å². The summed E-state index contributed by atoms with van der Waals surface area (Å²) in [6.45, 7) is 1.79. The van der Waals surface area contributed by atoms with Crippen molar-refractivity contribution in [2.75, 3.05) is 19.9 Å². The molecular weight excluding hydrogens is 270 g/mol. The molecule has 0 saturated carbocycles. The number of methoxy groups -OCH3 is 1. The standard InChI is InChI=1S/C11H15N3O4S/c1-6-8(10(19-3)14-11(17)13-6)9(16)12-5-4-7(15)18-2/h4-5H2,1-3H3,(H,12,16)(H,13,14,17). The maximum absolute atomic E-state index is 12.0.